The van der Waals surface area contributed by atoms with Gasteiger partial charge in [0.15, 0.2) is 0 Å². The lowest BCUT2D eigenvalue weighted by molar-refractivity contribution is 0.308. The molecule has 4 rings (SSSR count). The second-order valence-electron chi connectivity index (χ2n) is 12.2. The summed E-state index contributed by atoms with van der Waals surface area (Å²) in [6.07, 6.45) is 10.5. The molecule has 0 saturated carbocycles. The first-order chi connectivity index (χ1) is 16.6. The van der Waals surface area contributed by atoms with Gasteiger partial charge in [-0.05, 0) is 92.2 Å². The Labute approximate surface area is 218 Å². The molecule has 2 aromatic rings. The maximum absolute atomic E-state index is 3.72. The number of nitrogens with one attached hydrogen (secondary N) is 2. The molecule has 0 spiro atoms. The van der Waals surface area contributed by atoms with E-state index in [1.54, 1.807) is 0 Å². The maximum atomic E-state index is 3.72. The molecule has 2 unspecified atom stereocenters. The average Bonchev–Trinajstić information content (AvgIpc) is 2.75. The van der Waals surface area contributed by atoms with Gasteiger partial charge in [-0.2, -0.15) is 0 Å². The van der Waals surface area contributed by atoms with Crippen molar-refractivity contribution in [2.45, 2.75) is 99.6 Å². The lowest BCUT2D eigenvalue weighted by atomic mass is 9.75. The van der Waals surface area contributed by atoms with Crippen LogP contribution in [-0.2, 0) is 6.42 Å². The van der Waals surface area contributed by atoms with Gasteiger partial charge in [0.05, 0.1) is 0 Å². The van der Waals surface area contributed by atoms with Gasteiger partial charge in [0.1, 0.15) is 0 Å². The van der Waals surface area contributed by atoms with Crippen LogP contribution in [0.15, 0.2) is 71.8 Å². The van der Waals surface area contributed by atoms with Crippen molar-refractivity contribution in [2.24, 2.45) is 10.8 Å². The van der Waals surface area contributed by atoms with Crippen molar-refractivity contribution >= 4 is 11.4 Å². The molecular formula is C33H52N2. The van der Waals surface area contributed by atoms with Crippen LogP contribution in [0.5, 0.6) is 0 Å². The number of rotatable bonds is 6. The van der Waals surface area contributed by atoms with Crippen LogP contribution >= 0.6 is 0 Å². The van der Waals surface area contributed by atoms with Gasteiger partial charge in [-0.15, -0.1) is 0 Å². The van der Waals surface area contributed by atoms with Crippen LogP contribution in [0, 0.1) is 10.8 Å². The zero-order valence-electron chi connectivity index (χ0n) is 23.5. The van der Waals surface area contributed by atoms with Crippen molar-refractivity contribution in [1.29, 1.82) is 0 Å². The zero-order valence-corrected chi connectivity index (χ0v) is 23.5. The first kappa shape index (κ1) is 27.1. The number of benzene rings is 2. The van der Waals surface area contributed by atoms with Crippen molar-refractivity contribution in [2.75, 3.05) is 10.6 Å². The molecule has 2 nitrogen and oxygen atoms in total. The predicted molar refractivity (Wildman–Crippen MR) is 160 cm³/mol. The van der Waals surface area contributed by atoms with Gasteiger partial charge < -0.3 is 10.6 Å². The second-order valence-corrected chi connectivity index (χ2v) is 12.2. The van der Waals surface area contributed by atoms with E-state index in [1.807, 2.05) is 13.8 Å². The highest BCUT2D eigenvalue weighted by Gasteiger charge is 2.28. The summed E-state index contributed by atoms with van der Waals surface area (Å²) >= 11 is 0. The summed E-state index contributed by atoms with van der Waals surface area (Å²) in [7, 11) is 0. The molecule has 0 aromatic heterocycles. The van der Waals surface area contributed by atoms with Gasteiger partial charge in [0.25, 0.3) is 0 Å². The first-order valence-electron chi connectivity index (χ1n) is 13.6. The average molecular weight is 477 g/mol. The van der Waals surface area contributed by atoms with Crippen LogP contribution in [0.2, 0.25) is 0 Å². The predicted octanol–water partition coefficient (Wildman–Crippen LogP) is 9.89. The number of allylic oxidation sites excluding steroid dienone is 2. The van der Waals surface area contributed by atoms with E-state index in [-0.39, 0.29) is 2.85 Å². The number of anilines is 2. The SMILES string of the molecule is CC.CC1=CC(Nc2ccc(Cc3ccc(NC4C=C(C)CC(C)(C)C4)cc3)cc2)CC(C)(C)C1.[HH].[HH]. The van der Waals surface area contributed by atoms with E-state index in [1.165, 1.54) is 59.3 Å². The third-order valence-electron chi connectivity index (χ3n) is 7.05. The molecule has 0 saturated heterocycles. The Hall–Kier alpha value is -2.48. The Morgan fingerprint density at radius 3 is 1.31 bits per heavy atom. The lowest BCUT2D eigenvalue weighted by Gasteiger charge is -2.34. The summed E-state index contributed by atoms with van der Waals surface area (Å²) in [6.45, 7) is 18.0. The first-order valence-corrected chi connectivity index (χ1v) is 13.6. The maximum Gasteiger partial charge on any atom is 0.0452 e. The zero-order chi connectivity index (χ0) is 25.6. The summed E-state index contributed by atoms with van der Waals surface area (Å²) in [5, 5.41) is 7.45. The molecule has 2 aliphatic carbocycles. The van der Waals surface area contributed by atoms with E-state index < -0.39 is 0 Å². The minimum absolute atomic E-state index is 0. The molecule has 0 heterocycles. The molecule has 0 amide bonds. The Morgan fingerprint density at radius 1 is 0.657 bits per heavy atom. The van der Waals surface area contributed by atoms with Crippen molar-refractivity contribution in [1.82, 2.24) is 0 Å². The van der Waals surface area contributed by atoms with E-state index in [0.29, 0.717) is 22.9 Å². The summed E-state index contributed by atoms with van der Waals surface area (Å²) in [4.78, 5) is 0. The van der Waals surface area contributed by atoms with Crippen LogP contribution in [0.25, 0.3) is 0 Å². The molecule has 0 bridgehead atoms. The van der Waals surface area contributed by atoms with E-state index in [0.717, 1.165) is 6.42 Å². The van der Waals surface area contributed by atoms with E-state index in [4.69, 9.17) is 0 Å². The van der Waals surface area contributed by atoms with E-state index >= 15 is 0 Å². The molecular weight excluding hydrogens is 424 g/mol. The largest absolute Gasteiger partial charge is 0.379 e. The third kappa shape index (κ3) is 8.30. The monoisotopic (exact) mass is 476 g/mol. The van der Waals surface area contributed by atoms with Crippen LogP contribution in [0.4, 0.5) is 11.4 Å². The fourth-order valence-electron chi connectivity index (χ4n) is 6.05. The quantitative estimate of drug-likeness (QED) is 0.405. The fourth-order valence-corrected chi connectivity index (χ4v) is 6.05. The highest BCUT2D eigenvalue weighted by Crippen LogP contribution is 2.37. The third-order valence-corrected chi connectivity index (χ3v) is 7.05. The fraction of sp³-hybridized carbons (Fsp3) is 0.515. The molecule has 2 aromatic carbocycles. The highest BCUT2D eigenvalue weighted by molar-refractivity contribution is 5.49. The number of hydrogen-bond acceptors (Lipinski definition) is 2. The molecule has 0 fully saturated rings. The van der Waals surface area contributed by atoms with Crippen molar-refractivity contribution < 1.29 is 2.85 Å². The smallest absolute Gasteiger partial charge is 0.0452 e. The Balaban J connectivity index is 0.00000167. The van der Waals surface area contributed by atoms with Crippen molar-refractivity contribution in [3.63, 3.8) is 0 Å². The number of hydrogen-bond donors (Lipinski definition) is 2. The Bertz CT molecular complexity index is 934. The standard InChI is InChI=1S/C31H42N2.C2H6.2H2/c1-22-15-28(20-30(3,4)18-22)32-26-11-7-24(8-12-26)17-25-9-13-27(14-10-25)33-29-16-23(2)19-31(5,6)21-29;1-2;;/h7-16,28-29,32-33H,17-21H2,1-6H3;1-2H3;2*1H. The lowest BCUT2D eigenvalue weighted by Crippen LogP contribution is -2.30. The summed E-state index contributed by atoms with van der Waals surface area (Å²) < 4.78 is 0. The molecule has 2 atom stereocenters. The molecule has 0 radical (unpaired) electrons. The Kier molecular flexibility index (Phi) is 8.91. The van der Waals surface area contributed by atoms with Gasteiger partial charge in [0, 0.05) is 26.3 Å². The highest BCUT2D eigenvalue weighted by atomic mass is 14.9. The van der Waals surface area contributed by atoms with Crippen LogP contribution in [0.1, 0.15) is 95.1 Å². The normalized spacial score (nSPS) is 22.7. The summed E-state index contributed by atoms with van der Waals surface area (Å²) in [5.74, 6) is 0. The van der Waals surface area contributed by atoms with Crippen molar-refractivity contribution in [3.05, 3.63) is 83.0 Å². The van der Waals surface area contributed by atoms with Crippen LogP contribution in [0.3, 0.4) is 0 Å². The van der Waals surface area contributed by atoms with Crippen LogP contribution in [-0.4, -0.2) is 12.1 Å². The molecule has 35 heavy (non-hydrogen) atoms. The van der Waals surface area contributed by atoms with Gasteiger partial charge in [0.2, 0.25) is 0 Å². The molecule has 194 valence electrons. The second kappa shape index (κ2) is 11.5. The summed E-state index contributed by atoms with van der Waals surface area (Å²) in [5.41, 5.74) is 8.87. The van der Waals surface area contributed by atoms with Gasteiger partial charge >= 0.3 is 0 Å². The Morgan fingerprint density at radius 2 is 1.00 bits per heavy atom. The van der Waals surface area contributed by atoms with Crippen LogP contribution < -0.4 is 10.6 Å². The molecule has 2 heteroatoms. The van der Waals surface area contributed by atoms with E-state index in [2.05, 4.69) is 113 Å². The minimum Gasteiger partial charge on any atom is -0.379 e. The van der Waals surface area contributed by atoms with E-state index in [9.17, 15) is 0 Å². The summed E-state index contributed by atoms with van der Waals surface area (Å²) in [6, 6.07) is 18.8. The molecule has 0 aliphatic heterocycles. The topological polar surface area (TPSA) is 24.1 Å². The molecule has 2 N–H and O–H groups in total. The minimum atomic E-state index is 0. The van der Waals surface area contributed by atoms with Gasteiger partial charge in [-0.25, -0.2) is 0 Å². The van der Waals surface area contributed by atoms with Gasteiger partial charge in [-0.3, -0.25) is 0 Å². The van der Waals surface area contributed by atoms with Gasteiger partial charge in [-0.1, -0.05) is 89.1 Å². The molecule has 2 aliphatic rings. The van der Waals surface area contributed by atoms with Crippen molar-refractivity contribution in [3.8, 4) is 0 Å².